The Bertz CT molecular complexity index is 924. The summed E-state index contributed by atoms with van der Waals surface area (Å²) < 4.78 is 45.8. The molecule has 0 saturated carbocycles. The van der Waals surface area contributed by atoms with E-state index >= 15 is 0 Å². The summed E-state index contributed by atoms with van der Waals surface area (Å²) in [6, 6.07) is 6.27. The van der Waals surface area contributed by atoms with Gasteiger partial charge in [-0.25, -0.2) is 17.9 Å². The van der Waals surface area contributed by atoms with Crippen molar-refractivity contribution < 1.29 is 27.3 Å². The minimum Gasteiger partial charge on any atom is -0.444 e. The fraction of sp³-hybridized carbons (Fsp3) is 0.682. The van der Waals surface area contributed by atoms with E-state index in [0.717, 1.165) is 18.3 Å². The fourth-order valence-electron chi connectivity index (χ4n) is 3.68. The van der Waals surface area contributed by atoms with Crippen LogP contribution in [0.15, 0.2) is 29.2 Å². The average Bonchev–Trinajstić information content (AvgIpc) is 3.21. The van der Waals surface area contributed by atoms with Crippen LogP contribution >= 0.6 is 0 Å². The van der Waals surface area contributed by atoms with Crippen molar-refractivity contribution >= 4 is 28.7 Å². The summed E-state index contributed by atoms with van der Waals surface area (Å²) in [5, 5.41) is 0. The number of sulfonamides is 1. The molecule has 3 rings (SSSR count). The molecular weight excluding hydrogens is 431 g/mol. The van der Waals surface area contributed by atoms with Gasteiger partial charge in [-0.2, -0.15) is 0 Å². The zero-order valence-corrected chi connectivity index (χ0v) is 20.9. The number of nitrogens with one attached hydrogen (secondary N) is 1. The highest BCUT2D eigenvalue weighted by Crippen LogP contribution is 2.36. The number of benzene rings is 1. The lowest BCUT2D eigenvalue weighted by Crippen LogP contribution is -2.45. The van der Waals surface area contributed by atoms with Crippen molar-refractivity contribution in [2.75, 3.05) is 13.1 Å². The molecule has 1 aromatic rings. The van der Waals surface area contributed by atoms with Crippen molar-refractivity contribution in [1.29, 1.82) is 0 Å². The van der Waals surface area contributed by atoms with Gasteiger partial charge < -0.3 is 18.9 Å². The summed E-state index contributed by atoms with van der Waals surface area (Å²) in [5.74, 6) is 0. The SMILES string of the molecule is CC(C)(C)OC(=O)N1CCCC1CNS(=O)(=O)c1ccc(B2OC(C)(C)C(C)(C)O2)cc1. The molecule has 1 atom stereocenters. The normalized spacial score (nSPS) is 22.9. The van der Waals surface area contributed by atoms with Crippen LogP contribution in [0, 0.1) is 0 Å². The molecule has 1 aromatic carbocycles. The van der Waals surface area contributed by atoms with Crippen LogP contribution in [-0.4, -0.2) is 62.5 Å². The molecule has 2 heterocycles. The number of nitrogens with zero attached hydrogens (tertiary/aromatic N) is 1. The Kier molecular flexibility index (Phi) is 6.74. The maximum atomic E-state index is 12.8. The largest absolute Gasteiger partial charge is 0.494 e. The van der Waals surface area contributed by atoms with E-state index in [4.69, 9.17) is 14.0 Å². The molecule has 0 bridgehead atoms. The van der Waals surface area contributed by atoms with Crippen LogP contribution in [-0.2, 0) is 24.1 Å². The molecule has 2 fully saturated rings. The highest BCUT2D eigenvalue weighted by molar-refractivity contribution is 7.89. The Morgan fingerprint density at radius 1 is 1.16 bits per heavy atom. The maximum absolute atomic E-state index is 12.8. The number of rotatable bonds is 5. The number of ether oxygens (including phenoxy) is 1. The summed E-state index contributed by atoms with van der Waals surface area (Å²) >= 11 is 0. The number of hydrogen-bond donors (Lipinski definition) is 1. The molecule has 8 nitrogen and oxygen atoms in total. The molecule has 0 aliphatic carbocycles. The Labute approximate surface area is 192 Å². The summed E-state index contributed by atoms with van der Waals surface area (Å²) in [4.78, 5) is 14.2. The quantitative estimate of drug-likeness (QED) is 0.671. The topological polar surface area (TPSA) is 94.2 Å². The van der Waals surface area contributed by atoms with E-state index in [1.54, 1.807) is 29.2 Å². The second-order valence-corrected chi connectivity index (χ2v) is 12.2. The second kappa shape index (κ2) is 8.63. The van der Waals surface area contributed by atoms with Gasteiger partial charge in [0.25, 0.3) is 0 Å². The Balaban J connectivity index is 1.63. The molecule has 1 unspecified atom stereocenters. The Hall–Kier alpha value is -1.62. The van der Waals surface area contributed by atoms with E-state index in [-0.39, 0.29) is 17.5 Å². The average molecular weight is 466 g/mol. The number of carbonyl (C=O) groups excluding carboxylic acids is 1. The third-order valence-electron chi connectivity index (χ3n) is 6.23. The molecule has 10 heteroatoms. The van der Waals surface area contributed by atoms with Crippen molar-refractivity contribution in [2.24, 2.45) is 0 Å². The molecule has 178 valence electrons. The Morgan fingerprint density at radius 3 is 2.25 bits per heavy atom. The van der Waals surface area contributed by atoms with E-state index in [2.05, 4.69) is 4.72 Å². The van der Waals surface area contributed by atoms with Crippen LogP contribution in [0.5, 0.6) is 0 Å². The third kappa shape index (κ3) is 5.47. The molecule has 2 aliphatic heterocycles. The lowest BCUT2D eigenvalue weighted by atomic mass is 9.79. The van der Waals surface area contributed by atoms with Crippen LogP contribution in [0.3, 0.4) is 0 Å². The monoisotopic (exact) mass is 466 g/mol. The lowest BCUT2D eigenvalue weighted by Gasteiger charge is -2.32. The van der Waals surface area contributed by atoms with E-state index in [1.165, 1.54) is 0 Å². The first kappa shape index (κ1) is 25.0. The molecule has 0 radical (unpaired) electrons. The summed E-state index contributed by atoms with van der Waals surface area (Å²) in [7, 11) is -4.28. The Morgan fingerprint density at radius 2 is 1.72 bits per heavy atom. The number of amides is 1. The van der Waals surface area contributed by atoms with Crippen LogP contribution in [0.25, 0.3) is 0 Å². The van der Waals surface area contributed by atoms with Crippen molar-refractivity contribution in [3.05, 3.63) is 24.3 Å². The predicted molar refractivity (Wildman–Crippen MR) is 123 cm³/mol. The zero-order valence-electron chi connectivity index (χ0n) is 20.1. The van der Waals surface area contributed by atoms with Gasteiger partial charge in [0, 0.05) is 19.1 Å². The van der Waals surface area contributed by atoms with Crippen LogP contribution in [0.2, 0.25) is 0 Å². The summed E-state index contributed by atoms with van der Waals surface area (Å²) in [6.45, 7) is 14.0. The molecule has 1 amide bonds. The predicted octanol–water partition coefficient (Wildman–Crippen LogP) is 2.66. The van der Waals surface area contributed by atoms with E-state index < -0.39 is 40.0 Å². The molecule has 0 spiro atoms. The molecule has 2 saturated heterocycles. The summed E-state index contributed by atoms with van der Waals surface area (Å²) in [6.07, 6.45) is 1.13. The standard InChI is InChI=1S/C22H35BN2O6S/c1-20(2,3)29-19(26)25-14-8-9-17(25)15-24-32(27,28)18-12-10-16(11-13-18)23-30-21(4,5)22(6,7)31-23/h10-13,17,24H,8-9,14-15H2,1-7H3. The van der Waals surface area contributed by atoms with Crippen molar-refractivity contribution in [2.45, 2.75) is 89.0 Å². The smallest absolute Gasteiger partial charge is 0.444 e. The van der Waals surface area contributed by atoms with Crippen LogP contribution < -0.4 is 10.2 Å². The lowest BCUT2D eigenvalue weighted by molar-refractivity contribution is 0.00578. The van der Waals surface area contributed by atoms with Gasteiger partial charge in [-0.1, -0.05) is 12.1 Å². The minimum atomic E-state index is -3.73. The number of likely N-dealkylation sites (tertiary alicyclic amines) is 1. The molecule has 32 heavy (non-hydrogen) atoms. The molecule has 1 N–H and O–H groups in total. The van der Waals surface area contributed by atoms with Gasteiger partial charge >= 0.3 is 13.2 Å². The van der Waals surface area contributed by atoms with E-state index in [1.807, 2.05) is 48.5 Å². The van der Waals surface area contributed by atoms with Gasteiger partial charge in [0.2, 0.25) is 10.0 Å². The van der Waals surface area contributed by atoms with Gasteiger partial charge in [0.1, 0.15) is 5.60 Å². The van der Waals surface area contributed by atoms with Crippen molar-refractivity contribution in [1.82, 2.24) is 9.62 Å². The molecular formula is C22H35BN2O6S. The molecule has 0 aromatic heterocycles. The first-order chi connectivity index (χ1) is 14.6. The highest BCUT2D eigenvalue weighted by atomic mass is 32.2. The van der Waals surface area contributed by atoms with Crippen molar-refractivity contribution in [3.8, 4) is 0 Å². The fourth-order valence-corrected chi connectivity index (χ4v) is 4.75. The van der Waals surface area contributed by atoms with Gasteiger partial charge in [-0.05, 0) is 78.9 Å². The zero-order chi connectivity index (χ0) is 23.9. The minimum absolute atomic E-state index is 0.139. The van der Waals surface area contributed by atoms with E-state index in [9.17, 15) is 13.2 Å². The first-order valence-corrected chi connectivity index (χ1v) is 12.5. The number of carbonyl (C=O) groups is 1. The summed E-state index contributed by atoms with van der Waals surface area (Å²) in [5.41, 5.74) is -0.770. The second-order valence-electron chi connectivity index (χ2n) is 10.5. The number of hydrogen-bond acceptors (Lipinski definition) is 6. The van der Waals surface area contributed by atoms with Crippen LogP contribution in [0.1, 0.15) is 61.3 Å². The first-order valence-electron chi connectivity index (χ1n) is 11.1. The maximum Gasteiger partial charge on any atom is 0.494 e. The van der Waals surface area contributed by atoms with Crippen LogP contribution in [0.4, 0.5) is 4.79 Å². The van der Waals surface area contributed by atoms with Crippen molar-refractivity contribution in [3.63, 3.8) is 0 Å². The van der Waals surface area contributed by atoms with Gasteiger partial charge in [0.05, 0.1) is 16.1 Å². The highest BCUT2D eigenvalue weighted by Gasteiger charge is 2.51. The van der Waals surface area contributed by atoms with E-state index in [0.29, 0.717) is 6.54 Å². The molecule has 2 aliphatic rings. The van der Waals surface area contributed by atoms with Gasteiger partial charge in [-0.15, -0.1) is 0 Å². The van der Waals surface area contributed by atoms with Gasteiger partial charge in [0.15, 0.2) is 0 Å². The third-order valence-corrected chi connectivity index (χ3v) is 7.67. The van der Waals surface area contributed by atoms with Gasteiger partial charge in [-0.3, -0.25) is 0 Å².